The van der Waals surface area contributed by atoms with E-state index in [0.29, 0.717) is 5.56 Å². The fourth-order valence-corrected chi connectivity index (χ4v) is 3.72. The molecule has 3 heterocycles. The molecule has 174 valence electrons. The molecule has 0 saturated heterocycles. The zero-order valence-electron chi connectivity index (χ0n) is 23.2. The molecule has 8 nitrogen and oxygen atoms in total. The van der Waals surface area contributed by atoms with Gasteiger partial charge in [0.1, 0.15) is 23.0 Å². The second-order valence-electron chi connectivity index (χ2n) is 7.75. The van der Waals surface area contributed by atoms with Gasteiger partial charge in [0.25, 0.3) is 0 Å². The first kappa shape index (κ1) is 15.8. The summed E-state index contributed by atoms with van der Waals surface area (Å²) in [5, 5.41) is 6.10. The van der Waals surface area contributed by atoms with Gasteiger partial charge in [0, 0.05) is 28.3 Å². The van der Waals surface area contributed by atoms with Crippen molar-refractivity contribution in [3.8, 4) is 28.3 Å². The van der Waals surface area contributed by atoms with Crippen molar-refractivity contribution in [2.45, 2.75) is 19.0 Å². The van der Waals surface area contributed by atoms with Crippen LogP contribution in [0.2, 0.25) is 0 Å². The van der Waals surface area contributed by atoms with Gasteiger partial charge in [0.05, 0.1) is 28.6 Å². The summed E-state index contributed by atoms with van der Waals surface area (Å²) in [6.45, 7) is -2.68. The van der Waals surface area contributed by atoms with Crippen molar-refractivity contribution in [2.75, 3.05) is 12.4 Å². The number of hydrogen-bond donors (Lipinski definition) is 1. The zero-order valence-corrected chi connectivity index (χ0v) is 17.2. The monoisotopic (exact) mass is 474 g/mol. The summed E-state index contributed by atoms with van der Waals surface area (Å²) >= 11 is 0. The Kier molecular flexibility index (Phi) is 3.61. The molecular formula is C23H19F3N6O2. The van der Waals surface area contributed by atoms with E-state index in [-0.39, 0.29) is 28.0 Å². The number of hydrogen-bond acceptors (Lipinski definition) is 6. The SMILES string of the molecule is [2H]C([2H])([2H])Oc1cc2ncnc(-c3cnn(C([2H])([2H])[2H])c3-c3ccccc3)c2nc1NC(=O)C1(C(F)(F)F)CC1. The Labute approximate surface area is 200 Å². The average Bonchev–Trinajstić information content (AvgIpc) is 3.56. The van der Waals surface area contributed by atoms with E-state index < -0.39 is 55.9 Å². The largest absolute Gasteiger partial charge is 0.493 e. The van der Waals surface area contributed by atoms with Crippen molar-refractivity contribution >= 4 is 22.8 Å². The van der Waals surface area contributed by atoms with Gasteiger partial charge in [-0.1, -0.05) is 30.3 Å². The quantitative estimate of drug-likeness (QED) is 0.461. The normalized spacial score (nSPS) is 18.1. The molecule has 34 heavy (non-hydrogen) atoms. The van der Waals surface area contributed by atoms with E-state index >= 15 is 0 Å². The highest BCUT2D eigenvalue weighted by atomic mass is 19.4. The van der Waals surface area contributed by atoms with E-state index in [9.17, 15) is 18.0 Å². The summed E-state index contributed by atoms with van der Waals surface area (Å²) < 4.78 is 92.6. The summed E-state index contributed by atoms with van der Waals surface area (Å²) in [6, 6.07) is 9.51. The lowest BCUT2D eigenvalue weighted by Gasteiger charge is -2.19. The zero-order chi connectivity index (χ0) is 29.1. The van der Waals surface area contributed by atoms with Crippen molar-refractivity contribution < 1.29 is 30.9 Å². The van der Waals surface area contributed by atoms with Crippen LogP contribution in [0.15, 0.2) is 48.9 Å². The van der Waals surface area contributed by atoms with E-state index in [2.05, 4.69) is 25.4 Å². The molecule has 0 atom stereocenters. The van der Waals surface area contributed by atoms with Gasteiger partial charge in [-0.25, -0.2) is 15.0 Å². The van der Waals surface area contributed by atoms with Crippen molar-refractivity contribution in [1.29, 1.82) is 0 Å². The van der Waals surface area contributed by atoms with Gasteiger partial charge in [-0.05, 0) is 12.8 Å². The van der Waals surface area contributed by atoms with Crippen LogP contribution in [0.4, 0.5) is 19.0 Å². The summed E-state index contributed by atoms with van der Waals surface area (Å²) in [5.41, 5.74) is -1.85. The summed E-state index contributed by atoms with van der Waals surface area (Å²) in [7, 11) is -3.03. The Balaban J connectivity index is 1.71. The van der Waals surface area contributed by atoms with Crippen LogP contribution in [-0.4, -0.2) is 43.9 Å². The predicted octanol–water partition coefficient (Wildman–Crippen LogP) is 4.38. The maximum atomic E-state index is 13.6. The number of benzene rings is 1. The van der Waals surface area contributed by atoms with Gasteiger partial charge in [-0.2, -0.15) is 18.3 Å². The third kappa shape index (κ3) is 3.44. The Bertz CT molecular complexity index is 1600. The molecule has 1 aliphatic rings. The maximum absolute atomic E-state index is 13.6. The second kappa shape index (κ2) is 7.79. The number of carbonyl (C=O) groups is 1. The number of halogens is 3. The van der Waals surface area contributed by atoms with E-state index in [1.165, 1.54) is 6.20 Å². The Morgan fingerprint density at radius 2 is 2.03 bits per heavy atom. The number of nitrogens with one attached hydrogen (secondary N) is 1. The second-order valence-corrected chi connectivity index (χ2v) is 7.75. The molecule has 0 radical (unpaired) electrons. The molecule has 3 aromatic heterocycles. The van der Waals surface area contributed by atoms with Crippen LogP contribution in [0.1, 0.15) is 21.1 Å². The number of pyridine rings is 1. The van der Waals surface area contributed by atoms with E-state index in [0.717, 1.165) is 17.1 Å². The number of aryl methyl sites for hydroxylation is 1. The number of ether oxygens (including phenoxy) is 1. The molecule has 1 fully saturated rings. The van der Waals surface area contributed by atoms with Crippen LogP contribution in [0.25, 0.3) is 33.5 Å². The highest BCUT2D eigenvalue weighted by Gasteiger charge is 2.68. The molecular weight excluding hydrogens is 449 g/mol. The average molecular weight is 474 g/mol. The molecule has 0 bridgehead atoms. The van der Waals surface area contributed by atoms with Gasteiger partial charge < -0.3 is 10.1 Å². The molecule has 4 aromatic rings. The fraction of sp³-hybridized carbons (Fsp3) is 0.261. The predicted molar refractivity (Wildman–Crippen MR) is 118 cm³/mol. The smallest absolute Gasteiger partial charge is 0.403 e. The molecule has 0 spiro atoms. The Morgan fingerprint density at radius 3 is 2.71 bits per heavy atom. The highest BCUT2D eigenvalue weighted by molar-refractivity contribution is 6.00. The summed E-state index contributed by atoms with van der Waals surface area (Å²) in [6.07, 6.45) is -3.35. The first-order chi connectivity index (χ1) is 18.6. The van der Waals surface area contributed by atoms with Crippen LogP contribution in [0, 0.1) is 5.41 Å². The van der Waals surface area contributed by atoms with Crippen molar-refractivity contribution in [3.63, 3.8) is 0 Å². The van der Waals surface area contributed by atoms with Crippen LogP contribution < -0.4 is 10.1 Å². The number of fused-ring (bicyclic) bond motifs is 1. The van der Waals surface area contributed by atoms with Crippen molar-refractivity contribution in [1.82, 2.24) is 24.7 Å². The molecule has 11 heteroatoms. The van der Waals surface area contributed by atoms with Gasteiger partial charge >= 0.3 is 6.18 Å². The number of rotatable bonds is 5. The van der Waals surface area contributed by atoms with Gasteiger partial charge in [-0.15, -0.1) is 0 Å². The minimum atomic E-state index is -4.83. The summed E-state index contributed by atoms with van der Waals surface area (Å²) in [4.78, 5) is 25.3. The lowest BCUT2D eigenvalue weighted by Crippen LogP contribution is -2.37. The van der Waals surface area contributed by atoms with E-state index in [4.69, 9.17) is 13.0 Å². The highest BCUT2D eigenvalue weighted by Crippen LogP contribution is 2.58. The van der Waals surface area contributed by atoms with Crippen LogP contribution in [-0.2, 0) is 11.8 Å². The number of nitrogens with zero attached hydrogens (tertiary/aromatic N) is 5. The lowest BCUT2D eigenvalue weighted by molar-refractivity contribution is -0.189. The number of aromatic nitrogens is 5. The number of methoxy groups -OCH3 is 1. The molecule has 1 aromatic carbocycles. The third-order valence-corrected chi connectivity index (χ3v) is 5.72. The third-order valence-electron chi connectivity index (χ3n) is 5.72. The molecule has 0 aliphatic heterocycles. The topological polar surface area (TPSA) is 94.8 Å². The number of alkyl halides is 3. The van der Waals surface area contributed by atoms with E-state index in [1.807, 2.05) is 0 Å². The first-order valence-electron chi connectivity index (χ1n) is 13.0. The number of amides is 1. The molecule has 0 unspecified atom stereocenters. The summed E-state index contributed by atoms with van der Waals surface area (Å²) in [5.74, 6) is -2.55. The van der Waals surface area contributed by atoms with Gasteiger partial charge in [0.2, 0.25) is 5.91 Å². The Morgan fingerprint density at radius 1 is 1.24 bits per heavy atom. The van der Waals surface area contributed by atoms with Crippen molar-refractivity contribution in [2.24, 2.45) is 12.4 Å². The molecule has 5 rings (SSSR count). The number of carbonyl (C=O) groups excluding carboxylic acids is 1. The molecule has 1 saturated carbocycles. The molecule has 1 amide bonds. The van der Waals surface area contributed by atoms with Gasteiger partial charge in [-0.3, -0.25) is 9.48 Å². The van der Waals surface area contributed by atoms with E-state index in [1.54, 1.807) is 30.3 Å². The fourth-order valence-electron chi connectivity index (χ4n) is 3.72. The van der Waals surface area contributed by atoms with Crippen LogP contribution in [0.5, 0.6) is 5.75 Å². The van der Waals surface area contributed by atoms with Crippen molar-refractivity contribution in [3.05, 3.63) is 48.9 Å². The maximum Gasteiger partial charge on any atom is 0.403 e. The van der Waals surface area contributed by atoms with Gasteiger partial charge in [0.15, 0.2) is 11.6 Å². The Hall–Kier alpha value is -4.02. The van der Waals surface area contributed by atoms with Crippen LogP contribution >= 0.6 is 0 Å². The lowest BCUT2D eigenvalue weighted by atomic mass is 10.0. The number of anilines is 1. The molecule has 1 aliphatic carbocycles. The minimum Gasteiger partial charge on any atom is -0.493 e. The first-order valence-corrected chi connectivity index (χ1v) is 9.98. The minimum absolute atomic E-state index is 0.0138. The van der Waals surface area contributed by atoms with Crippen LogP contribution in [0.3, 0.4) is 0 Å². The molecule has 1 N–H and O–H groups in total. The standard InChI is InChI=1S/C23H19F3N6O2/c1-32-19(13-6-4-3-5-7-13)14(11-29-32)17-18-15(27-12-28-17)10-16(34-2)20(30-18)31-21(33)22(8-9-22)23(24,25)26/h3-7,10-12H,8-9H2,1-2H3,(H,30,31,33)/i1D3,2D3.